The van der Waals surface area contributed by atoms with Crippen LogP contribution in [0.5, 0.6) is 0 Å². The predicted octanol–water partition coefficient (Wildman–Crippen LogP) is 3.78. The van der Waals surface area contributed by atoms with Crippen molar-refractivity contribution >= 4 is 27.3 Å². The zero-order valence-electron chi connectivity index (χ0n) is 11.6. The van der Waals surface area contributed by atoms with Crippen molar-refractivity contribution < 1.29 is 8.42 Å². The van der Waals surface area contributed by atoms with E-state index in [1.54, 1.807) is 49.5 Å². The second kappa shape index (κ2) is 5.46. The molecule has 0 atom stereocenters. The van der Waals surface area contributed by atoms with E-state index in [0.29, 0.717) is 10.7 Å². The third-order valence-corrected chi connectivity index (χ3v) is 5.20. The van der Waals surface area contributed by atoms with Crippen molar-refractivity contribution in [3.63, 3.8) is 0 Å². The first kappa shape index (κ1) is 14.9. The number of aryl methyl sites for hydroxylation is 2. The smallest absolute Gasteiger partial charge is 0.264 e. The first-order chi connectivity index (χ1) is 9.32. The van der Waals surface area contributed by atoms with Crippen molar-refractivity contribution in [1.82, 2.24) is 0 Å². The fourth-order valence-electron chi connectivity index (χ4n) is 1.97. The average Bonchev–Trinajstić information content (AvgIpc) is 2.38. The van der Waals surface area contributed by atoms with Crippen LogP contribution >= 0.6 is 11.6 Å². The maximum Gasteiger partial charge on any atom is 0.264 e. The van der Waals surface area contributed by atoms with E-state index in [-0.39, 0.29) is 4.90 Å². The zero-order valence-corrected chi connectivity index (χ0v) is 13.2. The van der Waals surface area contributed by atoms with Crippen LogP contribution in [0.1, 0.15) is 11.1 Å². The standard InChI is InChI=1S/C15H16ClNO2S/c1-11-4-7-14(8-5-11)20(18,19)17(3)15-9-6-13(16)10-12(15)2/h4-10H,1-3H3. The van der Waals surface area contributed by atoms with Gasteiger partial charge < -0.3 is 0 Å². The molecule has 0 aliphatic heterocycles. The summed E-state index contributed by atoms with van der Waals surface area (Å²) in [6, 6.07) is 12.0. The molecule has 0 radical (unpaired) electrons. The molecule has 20 heavy (non-hydrogen) atoms. The molecule has 5 heteroatoms. The lowest BCUT2D eigenvalue weighted by molar-refractivity contribution is 0.594. The van der Waals surface area contributed by atoms with E-state index in [1.807, 2.05) is 13.8 Å². The molecule has 0 amide bonds. The molecule has 0 bridgehead atoms. The fourth-order valence-corrected chi connectivity index (χ4v) is 3.46. The summed E-state index contributed by atoms with van der Waals surface area (Å²) in [7, 11) is -2.01. The van der Waals surface area contributed by atoms with E-state index < -0.39 is 10.0 Å². The van der Waals surface area contributed by atoms with Gasteiger partial charge in [0.05, 0.1) is 10.6 Å². The van der Waals surface area contributed by atoms with Gasteiger partial charge in [-0.3, -0.25) is 4.31 Å². The number of nitrogens with zero attached hydrogens (tertiary/aromatic N) is 1. The monoisotopic (exact) mass is 309 g/mol. The molecule has 0 spiro atoms. The van der Waals surface area contributed by atoms with Crippen molar-refractivity contribution in [2.75, 3.05) is 11.4 Å². The Morgan fingerprint density at radius 1 is 1.00 bits per heavy atom. The van der Waals surface area contributed by atoms with Crippen LogP contribution in [0, 0.1) is 13.8 Å². The third-order valence-electron chi connectivity index (χ3n) is 3.18. The molecule has 0 heterocycles. The number of anilines is 1. The highest BCUT2D eigenvalue weighted by Crippen LogP contribution is 2.27. The lowest BCUT2D eigenvalue weighted by Crippen LogP contribution is -2.27. The molecule has 3 nitrogen and oxygen atoms in total. The van der Waals surface area contributed by atoms with E-state index in [1.165, 1.54) is 4.31 Å². The second-order valence-corrected chi connectivity index (χ2v) is 7.12. The summed E-state index contributed by atoms with van der Waals surface area (Å²) in [5, 5.41) is 0.590. The zero-order chi connectivity index (χ0) is 14.9. The van der Waals surface area contributed by atoms with E-state index >= 15 is 0 Å². The normalized spacial score (nSPS) is 11.4. The maximum atomic E-state index is 12.6. The Hall–Kier alpha value is -1.52. The maximum absolute atomic E-state index is 12.6. The summed E-state index contributed by atoms with van der Waals surface area (Å²) < 4.78 is 26.4. The SMILES string of the molecule is Cc1ccc(S(=O)(=O)N(C)c2ccc(Cl)cc2C)cc1. The highest BCUT2D eigenvalue weighted by molar-refractivity contribution is 7.92. The number of rotatable bonds is 3. The van der Waals surface area contributed by atoms with Crippen molar-refractivity contribution in [2.45, 2.75) is 18.7 Å². The number of benzene rings is 2. The summed E-state index contributed by atoms with van der Waals surface area (Å²) in [5.74, 6) is 0. The van der Waals surface area contributed by atoms with Crippen LogP contribution in [0.15, 0.2) is 47.4 Å². The lowest BCUT2D eigenvalue weighted by Gasteiger charge is -2.21. The van der Waals surface area contributed by atoms with Crippen LogP contribution in [0.4, 0.5) is 5.69 Å². The largest absolute Gasteiger partial charge is 0.269 e. The molecule has 2 aromatic carbocycles. The Labute approximate surface area is 124 Å². The number of halogens is 1. The van der Waals surface area contributed by atoms with Gasteiger partial charge in [-0.1, -0.05) is 29.3 Å². The van der Waals surface area contributed by atoms with Crippen LogP contribution in [-0.2, 0) is 10.0 Å². The predicted molar refractivity (Wildman–Crippen MR) is 83.0 cm³/mol. The van der Waals surface area contributed by atoms with Gasteiger partial charge in [-0.05, 0) is 49.7 Å². The molecule has 0 unspecified atom stereocenters. The summed E-state index contributed by atoms with van der Waals surface area (Å²) in [4.78, 5) is 0.278. The number of hydrogen-bond acceptors (Lipinski definition) is 2. The van der Waals surface area contributed by atoms with E-state index in [2.05, 4.69) is 0 Å². The first-order valence-electron chi connectivity index (χ1n) is 6.14. The van der Waals surface area contributed by atoms with Crippen LogP contribution in [-0.4, -0.2) is 15.5 Å². The van der Waals surface area contributed by atoms with Gasteiger partial charge >= 0.3 is 0 Å². The molecule has 0 fully saturated rings. The highest BCUT2D eigenvalue weighted by atomic mass is 35.5. The van der Waals surface area contributed by atoms with Crippen molar-refractivity contribution in [2.24, 2.45) is 0 Å². The molecule has 0 aliphatic rings. The first-order valence-corrected chi connectivity index (χ1v) is 7.96. The minimum absolute atomic E-state index is 0.278. The van der Waals surface area contributed by atoms with E-state index in [0.717, 1.165) is 11.1 Å². The quantitative estimate of drug-likeness (QED) is 0.865. The Bertz CT molecular complexity index is 724. The van der Waals surface area contributed by atoms with Crippen LogP contribution in [0.25, 0.3) is 0 Å². The summed E-state index contributed by atoms with van der Waals surface area (Å²) in [5.41, 5.74) is 2.46. The molecule has 0 saturated heterocycles. The molecule has 106 valence electrons. The fraction of sp³-hybridized carbons (Fsp3) is 0.200. The highest BCUT2D eigenvalue weighted by Gasteiger charge is 2.22. The molecule has 2 rings (SSSR count). The Kier molecular flexibility index (Phi) is 4.06. The molecular weight excluding hydrogens is 294 g/mol. The summed E-state index contributed by atoms with van der Waals surface area (Å²) >= 11 is 5.90. The molecule has 0 aliphatic carbocycles. The van der Waals surface area contributed by atoms with Gasteiger partial charge in [-0.2, -0.15) is 0 Å². The topological polar surface area (TPSA) is 37.4 Å². The molecule has 0 saturated carbocycles. The van der Waals surface area contributed by atoms with Crippen molar-refractivity contribution in [1.29, 1.82) is 0 Å². The second-order valence-electron chi connectivity index (χ2n) is 4.72. The van der Waals surface area contributed by atoms with Crippen LogP contribution in [0.3, 0.4) is 0 Å². The minimum atomic E-state index is -3.55. The summed E-state index contributed by atoms with van der Waals surface area (Å²) in [6.07, 6.45) is 0. The molecule has 0 aromatic heterocycles. The van der Waals surface area contributed by atoms with E-state index in [9.17, 15) is 8.42 Å². The Morgan fingerprint density at radius 3 is 2.15 bits per heavy atom. The van der Waals surface area contributed by atoms with Crippen molar-refractivity contribution in [3.05, 3.63) is 58.6 Å². The molecule has 2 aromatic rings. The number of hydrogen-bond donors (Lipinski definition) is 0. The van der Waals surface area contributed by atoms with Gasteiger partial charge in [-0.25, -0.2) is 8.42 Å². The Morgan fingerprint density at radius 2 is 1.60 bits per heavy atom. The van der Waals surface area contributed by atoms with E-state index in [4.69, 9.17) is 11.6 Å². The van der Waals surface area contributed by atoms with Gasteiger partial charge in [0.1, 0.15) is 0 Å². The van der Waals surface area contributed by atoms with Gasteiger partial charge in [0.15, 0.2) is 0 Å². The van der Waals surface area contributed by atoms with Gasteiger partial charge in [-0.15, -0.1) is 0 Å². The third kappa shape index (κ3) is 2.81. The van der Waals surface area contributed by atoms with Gasteiger partial charge in [0.2, 0.25) is 0 Å². The minimum Gasteiger partial charge on any atom is -0.269 e. The van der Waals surface area contributed by atoms with Gasteiger partial charge in [0, 0.05) is 12.1 Å². The molecular formula is C15H16ClNO2S. The van der Waals surface area contributed by atoms with Gasteiger partial charge in [0.25, 0.3) is 10.0 Å². The average molecular weight is 310 g/mol. The van der Waals surface area contributed by atoms with Crippen LogP contribution < -0.4 is 4.31 Å². The molecule has 0 N–H and O–H groups in total. The van der Waals surface area contributed by atoms with Crippen LogP contribution in [0.2, 0.25) is 5.02 Å². The summed E-state index contributed by atoms with van der Waals surface area (Å²) in [6.45, 7) is 3.76. The van der Waals surface area contributed by atoms with Crippen molar-refractivity contribution in [3.8, 4) is 0 Å². The number of sulfonamides is 1. The Balaban J connectivity index is 2.45. The lowest BCUT2D eigenvalue weighted by atomic mass is 10.2.